The second-order valence-electron chi connectivity index (χ2n) is 6.82. The quantitative estimate of drug-likeness (QED) is 0.553. The van der Waals surface area contributed by atoms with Crippen LogP contribution in [0.1, 0.15) is 30.1 Å². The van der Waals surface area contributed by atoms with E-state index in [0.717, 1.165) is 0 Å². The molecule has 1 saturated heterocycles. The number of benzene rings is 1. The molecule has 0 amide bonds. The number of aliphatic hydroxyl groups is 3. The fourth-order valence-electron chi connectivity index (χ4n) is 3.32. The molecule has 28 heavy (non-hydrogen) atoms. The van der Waals surface area contributed by atoms with Gasteiger partial charge in [0, 0.05) is 6.07 Å². The van der Waals surface area contributed by atoms with E-state index in [1.807, 2.05) is 0 Å². The lowest BCUT2D eigenvalue weighted by molar-refractivity contribution is -0.298. The normalized spacial score (nSPS) is 25.2. The van der Waals surface area contributed by atoms with Crippen molar-refractivity contribution in [2.45, 2.75) is 44.9 Å². The van der Waals surface area contributed by atoms with Crippen molar-refractivity contribution in [2.24, 2.45) is 0 Å². The zero-order valence-corrected chi connectivity index (χ0v) is 15.4. The molecule has 0 aliphatic carbocycles. The molecule has 4 N–H and O–H groups in total. The average Bonchev–Trinajstić information content (AvgIpc) is 2.61. The number of aryl methyl sites for hydroxylation is 1. The van der Waals surface area contributed by atoms with Crippen molar-refractivity contribution in [1.82, 2.24) is 0 Å². The monoisotopic (exact) mass is 394 g/mol. The molecular formula is C19H22O9. The zero-order valence-electron chi connectivity index (χ0n) is 15.4. The molecule has 1 aromatic heterocycles. The number of carbonyl (C=O) groups excluding carboxylic acids is 1. The molecule has 0 spiro atoms. The van der Waals surface area contributed by atoms with E-state index >= 15 is 0 Å². The number of ketones is 1. The first-order valence-electron chi connectivity index (χ1n) is 8.76. The summed E-state index contributed by atoms with van der Waals surface area (Å²) in [6, 6.07) is 2.57. The van der Waals surface area contributed by atoms with Crippen LogP contribution in [0.15, 0.2) is 21.3 Å². The smallest absolute Gasteiger partial charge is 0.193 e. The second kappa shape index (κ2) is 7.98. The van der Waals surface area contributed by atoms with Crippen molar-refractivity contribution < 1.29 is 39.1 Å². The number of aliphatic hydroxyl groups excluding tert-OH is 3. The minimum atomic E-state index is -1.32. The summed E-state index contributed by atoms with van der Waals surface area (Å²) < 4.78 is 16.8. The Kier molecular flexibility index (Phi) is 5.82. The summed E-state index contributed by atoms with van der Waals surface area (Å²) in [6.07, 6.45) is -4.89. The number of phenols is 1. The lowest BCUT2D eigenvalue weighted by Crippen LogP contribution is -2.50. The van der Waals surface area contributed by atoms with E-state index in [2.05, 4.69) is 0 Å². The van der Waals surface area contributed by atoms with Gasteiger partial charge < -0.3 is 34.3 Å². The molecule has 9 heteroatoms. The molecule has 1 aliphatic heterocycles. The van der Waals surface area contributed by atoms with Crippen LogP contribution in [-0.4, -0.2) is 57.7 Å². The van der Waals surface area contributed by atoms with E-state index in [0.29, 0.717) is 5.56 Å². The Hall–Kier alpha value is -2.30. The molecule has 0 saturated carbocycles. The first-order valence-corrected chi connectivity index (χ1v) is 8.76. The summed E-state index contributed by atoms with van der Waals surface area (Å²) in [7, 11) is 0. The van der Waals surface area contributed by atoms with Crippen molar-refractivity contribution in [3.8, 4) is 5.75 Å². The molecule has 1 aliphatic rings. The van der Waals surface area contributed by atoms with Gasteiger partial charge in [0.15, 0.2) is 11.7 Å². The van der Waals surface area contributed by atoms with Gasteiger partial charge in [-0.3, -0.25) is 9.59 Å². The van der Waals surface area contributed by atoms with Gasteiger partial charge in [0.2, 0.25) is 0 Å². The number of phenolic OH excluding ortho intramolecular Hbond substituents is 1. The Bertz CT molecular complexity index is 935. The number of carbonyl (C=O) groups is 1. The Morgan fingerprint density at radius 1 is 1.14 bits per heavy atom. The van der Waals surface area contributed by atoms with Gasteiger partial charge in [-0.1, -0.05) is 0 Å². The lowest BCUT2D eigenvalue weighted by Gasteiger charge is -2.38. The van der Waals surface area contributed by atoms with Crippen LogP contribution in [0.2, 0.25) is 0 Å². The summed E-state index contributed by atoms with van der Waals surface area (Å²) in [4.78, 5) is 24.0. The van der Waals surface area contributed by atoms with Crippen molar-refractivity contribution in [3.63, 3.8) is 0 Å². The van der Waals surface area contributed by atoms with E-state index in [4.69, 9.17) is 13.9 Å². The third kappa shape index (κ3) is 3.67. The van der Waals surface area contributed by atoms with Crippen molar-refractivity contribution in [1.29, 1.82) is 0 Å². The van der Waals surface area contributed by atoms with Crippen molar-refractivity contribution in [3.05, 3.63) is 39.2 Å². The first kappa shape index (κ1) is 20.4. The third-order valence-corrected chi connectivity index (χ3v) is 4.64. The van der Waals surface area contributed by atoms with E-state index in [-0.39, 0.29) is 40.2 Å². The SMILES string of the molecule is CC(=O)Cc1cc(=O)c2c(C)cc(O)c(C3OC(CO)C(O)C(CO)O3)c2o1. The van der Waals surface area contributed by atoms with Gasteiger partial charge in [0.05, 0.1) is 30.6 Å². The third-order valence-electron chi connectivity index (χ3n) is 4.64. The highest BCUT2D eigenvalue weighted by molar-refractivity contribution is 5.86. The predicted octanol–water partition coefficient (Wildman–Crippen LogP) is 0.0666. The fourth-order valence-corrected chi connectivity index (χ4v) is 3.32. The maximum absolute atomic E-state index is 12.6. The van der Waals surface area contributed by atoms with Crippen LogP contribution in [0.5, 0.6) is 5.75 Å². The highest BCUT2D eigenvalue weighted by Crippen LogP contribution is 2.40. The van der Waals surface area contributed by atoms with Gasteiger partial charge in [-0.25, -0.2) is 0 Å². The summed E-state index contributed by atoms with van der Waals surface area (Å²) >= 11 is 0. The summed E-state index contributed by atoms with van der Waals surface area (Å²) in [5.41, 5.74) is 0.0140. The maximum atomic E-state index is 12.6. The van der Waals surface area contributed by atoms with Crippen LogP contribution in [0, 0.1) is 6.92 Å². The number of hydrogen-bond donors (Lipinski definition) is 4. The summed E-state index contributed by atoms with van der Waals surface area (Å²) in [5, 5.41) is 39.7. The zero-order chi connectivity index (χ0) is 20.6. The minimum absolute atomic E-state index is 0.0176. The van der Waals surface area contributed by atoms with Crippen LogP contribution in [0.4, 0.5) is 0 Å². The molecule has 1 aromatic carbocycles. The Labute approximate surface area is 159 Å². The number of hydrogen-bond acceptors (Lipinski definition) is 9. The fraction of sp³-hybridized carbons (Fsp3) is 0.474. The molecular weight excluding hydrogens is 372 g/mol. The average molecular weight is 394 g/mol. The summed E-state index contributed by atoms with van der Waals surface area (Å²) in [5.74, 6) is -0.387. The molecule has 2 unspecified atom stereocenters. The maximum Gasteiger partial charge on any atom is 0.193 e. The summed E-state index contributed by atoms with van der Waals surface area (Å²) in [6.45, 7) is 1.86. The lowest BCUT2D eigenvalue weighted by atomic mass is 10.0. The molecule has 2 aromatic rings. The number of fused-ring (bicyclic) bond motifs is 1. The van der Waals surface area contributed by atoms with Crippen molar-refractivity contribution in [2.75, 3.05) is 13.2 Å². The van der Waals surface area contributed by atoms with E-state index in [9.17, 15) is 30.0 Å². The van der Waals surface area contributed by atoms with Crippen LogP contribution < -0.4 is 5.43 Å². The number of Topliss-reactive ketones (excluding diaryl/α,β-unsaturated/α-hetero) is 1. The molecule has 3 rings (SSSR count). The van der Waals surface area contributed by atoms with Gasteiger partial charge in [-0.05, 0) is 25.5 Å². The number of ether oxygens (including phenoxy) is 2. The van der Waals surface area contributed by atoms with Gasteiger partial charge in [0.25, 0.3) is 0 Å². The molecule has 2 atom stereocenters. The highest BCUT2D eigenvalue weighted by atomic mass is 16.7. The van der Waals surface area contributed by atoms with Gasteiger partial charge in [0.1, 0.15) is 41.2 Å². The van der Waals surface area contributed by atoms with Crippen LogP contribution >= 0.6 is 0 Å². The molecule has 0 radical (unpaired) electrons. The Morgan fingerprint density at radius 2 is 1.75 bits per heavy atom. The van der Waals surface area contributed by atoms with E-state index < -0.39 is 43.2 Å². The molecule has 9 nitrogen and oxygen atoms in total. The molecule has 1 fully saturated rings. The van der Waals surface area contributed by atoms with Crippen LogP contribution in [0.25, 0.3) is 11.0 Å². The van der Waals surface area contributed by atoms with Gasteiger partial charge >= 0.3 is 0 Å². The highest BCUT2D eigenvalue weighted by Gasteiger charge is 2.40. The minimum Gasteiger partial charge on any atom is -0.507 e. The molecule has 152 valence electrons. The first-order chi connectivity index (χ1) is 13.3. The largest absolute Gasteiger partial charge is 0.507 e. The van der Waals surface area contributed by atoms with Gasteiger partial charge in [-0.2, -0.15) is 0 Å². The number of aromatic hydroxyl groups is 1. The Morgan fingerprint density at radius 3 is 2.29 bits per heavy atom. The molecule has 0 bridgehead atoms. The van der Waals surface area contributed by atoms with Crippen LogP contribution in [-0.2, 0) is 20.7 Å². The Balaban J connectivity index is 2.20. The molecule has 2 heterocycles. The van der Waals surface area contributed by atoms with E-state index in [1.54, 1.807) is 6.92 Å². The van der Waals surface area contributed by atoms with Gasteiger partial charge in [-0.15, -0.1) is 0 Å². The standard InChI is InChI=1S/C19H22O9/c1-8-3-11(23)16(19-27-13(6-20)17(25)14(7-21)28-19)18-15(8)12(24)5-10(26-18)4-9(2)22/h3,5,13-14,17,19-21,23,25H,4,6-7H2,1-2H3. The van der Waals surface area contributed by atoms with Crippen molar-refractivity contribution >= 4 is 16.8 Å². The number of rotatable bonds is 5. The second-order valence-corrected chi connectivity index (χ2v) is 6.82. The van der Waals surface area contributed by atoms with Crippen LogP contribution in [0.3, 0.4) is 0 Å². The predicted molar refractivity (Wildman–Crippen MR) is 95.9 cm³/mol. The van der Waals surface area contributed by atoms with E-state index in [1.165, 1.54) is 19.1 Å². The topological polar surface area (TPSA) is 147 Å².